The second-order valence-electron chi connectivity index (χ2n) is 6.55. The Morgan fingerprint density at radius 3 is 2.60 bits per heavy atom. The zero-order chi connectivity index (χ0) is 17.1. The highest BCUT2D eigenvalue weighted by molar-refractivity contribution is 9.10. The molecule has 1 aromatic carbocycles. The fourth-order valence-electron chi connectivity index (χ4n) is 4.00. The largest absolute Gasteiger partial charge is 0.343 e. The number of nitrogens with zero attached hydrogens (tertiary/aromatic N) is 2. The summed E-state index contributed by atoms with van der Waals surface area (Å²) in [6.07, 6.45) is 4.01. The van der Waals surface area contributed by atoms with Crippen LogP contribution in [0, 0.1) is 0 Å². The maximum atomic E-state index is 12.8. The summed E-state index contributed by atoms with van der Waals surface area (Å²) in [4.78, 5) is 34.8. The molecule has 0 fully saturated rings. The van der Waals surface area contributed by atoms with Gasteiger partial charge < -0.3 is 4.98 Å². The summed E-state index contributed by atoms with van der Waals surface area (Å²) in [7, 11) is 0. The first-order valence-corrected chi connectivity index (χ1v) is 9.04. The number of carbonyl (C=O) groups is 2. The first-order chi connectivity index (χ1) is 12.1. The van der Waals surface area contributed by atoms with Gasteiger partial charge in [-0.3, -0.25) is 14.5 Å². The number of H-pyrrole nitrogens is 1. The Morgan fingerprint density at radius 2 is 1.88 bits per heavy atom. The first-order valence-electron chi connectivity index (χ1n) is 8.25. The summed E-state index contributed by atoms with van der Waals surface area (Å²) in [5.41, 5.74) is 4.21. The van der Waals surface area contributed by atoms with Crippen LogP contribution < -0.4 is 0 Å². The van der Waals surface area contributed by atoms with Gasteiger partial charge in [0.1, 0.15) is 5.65 Å². The number of fused-ring (bicyclic) bond motifs is 4. The Hall–Kier alpha value is -2.47. The van der Waals surface area contributed by atoms with Gasteiger partial charge >= 0.3 is 0 Å². The number of carbonyl (C=O) groups excluding carboxylic acids is 2. The Labute approximate surface area is 152 Å². The van der Waals surface area contributed by atoms with E-state index in [1.54, 1.807) is 30.5 Å². The molecule has 0 saturated carbocycles. The van der Waals surface area contributed by atoms with Crippen LogP contribution >= 0.6 is 15.9 Å². The van der Waals surface area contributed by atoms with Crippen molar-refractivity contribution in [2.24, 2.45) is 0 Å². The summed E-state index contributed by atoms with van der Waals surface area (Å²) < 4.78 is 0.921. The summed E-state index contributed by atoms with van der Waals surface area (Å²) in [6, 6.07) is 9.00. The van der Waals surface area contributed by atoms with E-state index in [4.69, 9.17) is 0 Å². The molecule has 3 heterocycles. The molecule has 2 amide bonds. The van der Waals surface area contributed by atoms with Gasteiger partial charge in [-0.25, -0.2) is 4.98 Å². The van der Waals surface area contributed by atoms with Crippen molar-refractivity contribution in [3.63, 3.8) is 0 Å². The molecule has 3 aromatic rings. The number of halogens is 1. The monoisotopic (exact) mass is 395 g/mol. The number of hydrogen-bond donors (Lipinski definition) is 1. The molecular weight excluding hydrogens is 382 g/mol. The predicted molar refractivity (Wildman–Crippen MR) is 96.5 cm³/mol. The van der Waals surface area contributed by atoms with E-state index >= 15 is 0 Å². The summed E-state index contributed by atoms with van der Waals surface area (Å²) in [6.45, 7) is 0. The topological polar surface area (TPSA) is 66.1 Å². The van der Waals surface area contributed by atoms with Crippen LogP contribution in [0.1, 0.15) is 38.4 Å². The van der Waals surface area contributed by atoms with Gasteiger partial charge in [-0.05, 0) is 59.0 Å². The molecule has 5 rings (SSSR count). The highest BCUT2D eigenvalue weighted by Gasteiger charge is 2.41. The second kappa shape index (κ2) is 5.26. The lowest BCUT2D eigenvalue weighted by Crippen LogP contribution is -2.43. The molecule has 0 saturated heterocycles. The van der Waals surface area contributed by atoms with Crippen molar-refractivity contribution in [1.82, 2.24) is 14.9 Å². The zero-order valence-corrected chi connectivity index (χ0v) is 14.8. The number of imide groups is 1. The average molecular weight is 396 g/mol. The lowest BCUT2D eigenvalue weighted by Gasteiger charge is -2.29. The third kappa shape index (κ3) is 2.10. The van der Waals surface area contributed by atoms with Crippen LogP contribution in [-0.4, -0.2) is 32.7 Å². The van der Waals surface area contributed by atoms with Gasteiger partial charge in [0.2, 0.25) is 0 Å². The smallest absolute Gasteiger partial charge is 0.261 e. The van der Waals surface area contributed by atoms with Crippen molar-refractivity contribution in [3.8, 4) is 0 Å². The highest BCUT2D eigenvalue weighted by Crippen LogP contribution is 2.34. The molecule has 6 heteroatoms. The van der Waals surface area contributed by atoms with Crippen molar-refractivity contribution in [2.75, 3.05) is 0 Å². The third-order valence-corrected chi connectivity index (χ3v) is 5.60. The number of hydrogen-bond acceptors (Lipinski definition) is 3. The van der Waals surface area contributed by atoms with Crippen molar-refractivity contribution < 1.29 is 9.59 Å². The molecule has 0 radical (unpaired) electrons. The molecule has 0 bridgehead atoms. The Kier molecular flexibility index (Phi) is 3.12. The van der Waals surface area contributed by atoms with E-state index in [9.17, 15) is 9.59 Å². The van der Waals surface area contributed by atoms with Gasteiger partial charge in [0.25, 0.3) is 11.8 Å². The first kappa shape index (κ1) is 14.8. The molecule has 1 aliphatic carbocycles. The maximum Gasteiger partial charge on any atom is 0.261 e. The van der Waals surface area contributed by atoms with Gasteiger partial charge in [-0.1, -0.05) is 12.1 Å². The second-order valence-corrected chi connectivity index (χ2v) is 7.47. The van der Waals surface area contributed by atoms with Crippen LogP contribution in [0.25, 0.3) is 11.0 Å². The van der Waals surface area contributed by atoms with Gasteiger partial charge in [-0.2, -0.15) is 0 Å². The Balaban J connectivity index is 1.54. The van der Waals surface area contributed by atoms with Crippen LogP contribution in [0.4, 0.5) is 0 Å². The summed E-state index contributed by atoms with van der Waals surface area (Å²) >= 11 is 3.47. The highest BCUT2D eigenvalue weighted by atomic mass is 79.9. The zero-order valence-electron chi connectivity index (χ0n) is 13.3. The number of pyridine rings is 1. The Bertz CT molecular complexity index is 1020. The van der Waals surface area contributed by atoms with Crippen LogP contribution in [0.15, 0.2) is 41.0 Å². The normalized spacial score (nSPS) is 19.4. The molecule has 25 heavy (non-hydrogen) atoms. The lowest BCUT2D eigenvalue weighted by molar-refractivity contribution is 0.0571. The van der Waals surface area contributed by atoms with Gasteiger partial charge in [0, 0.05) is 27.8 Å². The maximum absolute atomic E-state index is 12.8. The molecular formula is C19H14BrN3O2. The van der Waals surface area contributed by atoms with Crippen molar-refractivity contribution >= 4 is 38.8 Å². The van der Waals surface area contributed by atoms with E-state index < -0.39 is 0 Å². The van der Waals surface area contributed by atoms with E-state index in [0.29, 0.717) is 17.5 Å². The van der Waals surface area contributed by atoms with Crippen LogP contribution in [-0.2, 0) is 12.8 Å². The van der Waals surface area contributed by atoms with Crippen LogP contribution in [0.3, 0.4) is 0 Å². The van der Waals surface area contributed by atoms with Crippen molar-refractivity contribution in [1.29, 1.82) is 0 Å². The minimum atomic E-state index is -0.173. The van der Waals surface area contributed by atoms with E-state index in [0.717, 1.165) is 39.6 Å². The van der Waals surface area contributed by atoms with Crippen molar-refractivity contribution in [3.05, 3.63) is 63.4 Å². The summed E-state index contributed by atoms with van der Waals surface area (Å²) in [5.74, 6) is -0.346. The van der Waals surface area contributed by atoms with E-state index in [-0.39, 0.29) is 17.9 Å². The minimum Gasteiger partial charge on any atom is -0.343 e. The summed E-state index contributed by atoms with van der Waals surface area (Å²) in [5, 5.41) is 1.06. The van der Waals surface area contributed by atoms with Crippen LogP contribution in [0.2, 0.25) is 0 Å². The molecule has 1 unspecified atom stereocenters. The number of benzene rings is 1. The molecule has 1 N–H and O–H groups in total. The number of nitrogens with one attached hydrogen (secondary N) is 1. The van der Waals surface area contributed by atoms with Gasteiger partial charge in [-0.15, -0.1) is 0 Å². The fraction of sp³-hybridized carbons (Fsp3) is 0.211. The Morgan fingerprint density at radius 1 is 1.16 bits per heavy atom. The van der Waals surface area contributed by atoms with E-state index in [1.165, 1.54) is 4.90 Å². The molecule has 2 aromatic heterocycles. The molecule has 1 aliphatic heterocycles. The lowest BCUT2D eigenvalue weighted by atomic mass is 9.90. The quantitative estimate of drug-likeness (QED) is 0.641. The average Bonchev–Trinajstić information content (AvgIpc) is 3.10. The van der Waals surface area contributed by atoms with Crippen molar-refractivity contribution in [2.45, 2.75) is 25.3 Å². The predicted octanol–water partition coefficient (Wildman–Crippen LogP) is 3.48. The van der Waals surface area contributed by atoms with E-state index in [1.807, 2.05) is 6.07 Å². The number of amides is 2. The molecule has 124 valence electrons. The van der Waals surface area contributed by atoms with Gasteiger partial charge in [0.15, 0.2) is 0 Å². The van der Waals surface area contributed by atoms with Gasteiger partial charge in [0.05, 0.1) is 11.1 Å². The number of aryl methyl sites for hydroxylation is 1. The SMILES string of the molecule is O=C1c2ccccc2C(=O)N1C1CCc2[nH]c3ncc(Br)cc3c2C1. The molecule has 1 atom stereocenters. The van der Waals surface area contributed by atoms with E-state index in [2.05, 4.69) is 25.9 Å². The fourth-order valence-corrected chi connectivity index (χ4v) is 4.34. The molecule has 0 spiro atoms. The third-order valence-electron chi connectivity index (χ3n) is 5.17. The minimum absolute atomic E-state index is 0.113. The number of aromatic nitrogens is 2. The number of aromatic amines is 1. The van der Waals surface area contributed by atoms with Crippen LogP contribution in [0.5, 0.6) is 0 Å². The molecule has 5 nitrogen and oxygen atoms in total. The standard InChI is InChI=1S/C19H14BrN3O2/c20-10-7-15-14-8-11(5-6-16(14)22-17(15)21-9-10)23-18(24)12-3-1-2-4-13(12)19(23)25/h1-4,7,9,11H,5-6,8H2,(H,21,22). The molecule has 2 aliphatic rings. The number of rotatable bonds is 1.